The van der Waals surface area contributed by atoms with E-state index in [1.807, 2.05) is 0 Å². The summed E-state index contributed by atoms with van der Waals surface area (Å²) in [4.78, 5) is 14.5. The van der Waals surface area contributed by atoms with Crippen LogP contribution < -0.4 is 4.72 Å². The van der Waals surface area contributed by atoms with Gasteiger partial charge >= 0.3 is 5.97 Å². The maximum Gasteiger partial charge on any atom is 0.356 e. The molecule has 3 N–H and O–H groups in total. The lowest BCUT2D eigenvalue weighted by Gasteiger charge is -2.35. The van der Waals surface area contributed by atoms with Gasteiger partial charge in [0.25, 0.3) is 10.0 Å². The quantitative estimate of drug-likeness (QED) is 0.716. The minimum atomic E-state index is -3.93. The monoisotopic (exact) mass is 334 g/mol. The van der Waals surface area contributed by atoms with Crippen molar-refractivity contribution in [1.82, 2.24) is 9.71 Å². The van der Waals surface area contributed by atoms with Crippen LogP contribution in [0, 0.1) is 5.41 Å². The standard InChI is InChI=1S/C12H18N2O5S2/c15-7-12(4-2-1-3-5-12)6-14-21(18,19)11-9(10(16)17)13-8-20-11/h8,14-15H,1-7H2,(H,16,17). The molecule has 0 bridgehead atoms. The van der Waals surface area contributed by atoms with Crippen LogP contribution in [0.3, 0.4) is 0 Å². The van der Waals surface area contributed by atoms with Gasteiger partial charge in [0.15, 0.2) is 9.90 Å². The van der Waals surface area contributed by atoms with E-state index in [4.69, 9.17) is 5.11 Å². The van der Waals surface area contributed by atoms with Crippen molar-refractivity contribution in [2.75, 3.05) is 13.2 Å². The van der Waals surface area contributed by atoms with Gasteiger partial charge in [-0.1, -0.05) is 19.3 Å². The zero-order valence-corrected chi connectivity index (χ0v) is 13.0. The molecule has 0 aliphatic heterocycles. The number of aromatic carboxylic acids is 1. The topological polar surface area (TPSA) is 117 Å². The fourth-order valence-corrected chi connectivity index (χ4v) is 4.91. The molecule has 0 radical (unpaired) electrons. The number of sulfonamides is 1. The van der Waals surface area contributed by atoms with Gasteiger partial charge in [0.05, 0.1) is 5.51 Å². The van der Waals surface area contributed by atoms with Crippen molar-refractivity contribution in [3.63, 3.8) is 0 Å². The second-order valence-electron chi connectivity index (χ2n) is 5.34. The Morgan fingerprint density at radius 1 is 1.38 bits per heavy atom. The Bertz CT molecular complexity index is 605. The highest BCUT2D eigenvalue weighted by Crippen LogP contribution is 2.35. The first-order valence-electron chi connectivity index (χ1n) is 6.67. The third-order valence-electron chi connectivity index (χ3n) is 3.87. The van der Waals surface area contributed by atoms with E-state index in [1.54, 1.807) is 0 Å². The van der Waals surface area contributed by atoms with E-state index in [9.17, 15) is 18.3 Å². The van der Waals surface area contributed by atoms with Crippen molar-refractivity contribution >= 4 is 27.3 Å². The predicted octanol–water partition coefficient (Wildman–Crippen LogP) is 1.06. The smallest absolute Gasteiger partial charge is 0.356 e. The minimum Gasteiger partial charge on any atom is -0.476 e. The Labute approximate surface area is 127 Å². The van der Waals surface area contributed by atoms with E-state index in [1.165, 1.54) is 5.51 Å². The summed E-state index contributed by atoms with van der Waals surface area (Å²) in [6, 6.07) is 0. The average Bonchev–Trinajstić information content (AvgIpc) is 2.97. The molecule has 0 saturated heterocycles. The highest BCUT2D eigenvalue weighted by molar-refractivity contribution is 7.91. The zero-order valence-electron chi connectivity index (χ0n) is 11.4. The fraction of sp³-hybridized carbons (Fsp3) is 0.667. The molecule has 118 valence electrons. The molecule has 0 spiro atoms. The van der Waals surface area contributed by atoms with Crippen LogP contribution in [0.15, 0.2) is 9.72 Å². The molecule has 1 aliphatic rings. The molecule has 1 aromatic rings. The maximum atomic E-state index is 12.2. The summed E-state index contributed by atoms with van der Waals surface area (Å²) < 4.78 is 26.6. The molecule has 1 aromatic heterocycles. The van der Waals surface area contributed by atoms with E-state index >= 15 is 0 Å². The molecule has 0 amide bonds. The Kier molecular flexibility index (Phi) is 4.97. The van der Waals surface area contributed by atoms with Gasteiger partial charge < -0.3 is 10.2 Å². The fourth-order valence-electron chi connectivity index (χ4n) is 2.57. The van der Waals surface area contributed by atoms with Crippen molar-refractivity contribution in [1.29, 1.82) is 0 Å². The maximum absolute atomic E-state index is 12.2. The van der Waals surface area contributed by atoms with Crippen LogP contribution in [0.4, 0.5) is 0 Å². The summed E-state index contributed by atoms with van der Waals surface area (Å²) in [5.41, 5.74) is 0.286. The number of hydrogen-bond acceptors (Lipinski definition) is 6. The van der Waals surface area contributed by atoms with Crippen LogP contribution in [-0.2, 0) is 10.0 Å². The lowest BCUT2D eigenvalue weighted by Crippen LogP contribution is -2.41. The van der Waals surface area contributed by atoms with Crippen LogP contribution in [-0.4, -0.2) is 42.7 Å². The number of rotatable bonds is 6. The van der Waals surface area contributed by atoms with Gasteiger partial charge in [-0.3, -0.25) is 0 Å². The van der Waals surface area contributed by atoms with Gasteiger partial charge in [0.2, 0.25) is 0 Å². The van der Waals surface area contributed by atoms with Crippen LogP contribution >= 0.6 is 11.3 Å². The third-order valence-corrected chi connectivity index (χ3v) is 6.64. The Morgan fingerprint density at radius 3 is 2.62 bits per heavy atom. The van der Waals surface area contributed by atoms with Crippen molar-refractivity contribution in [2.45, 2.75) is 36.3 Å². The van der Waals surface area contributed by atoms with E-state index < -0.39 is 27.1 Å². The number of thiazole rings is 1. The normalized spacial score (nSPS) is 18.5. The van der Waals surface area contributed by atoms with Crippen molar-refractivity contribution < 1.29 is 23.4 Å². The number of aliphatic hydroxyl groups excluding tert-OH is 1. The zero-order chi connectivity index (χ0) is 15.5. The summed E-state index contributed by atoms with van der Waals surface area (Å²) in [6.07, 6.45) is 4.54. The van der Waals surface area contributed by atoms with Gasteiger partial charge in [-0.2, -0.15) is 0 Å². The number of carbonyl (C=O) groups is 1. The second kappa shape index (κ2) is 6.39. The molecule has 7 nitrogen and oxygen atoms in total. The Hall–Kier alpha value is -1.03. The van der Waals surface area contributed by atoms with Gasteiger partial charge in [0.1, 0.15) is 0 Å². The number of aliphatic hydroxyl groups is 1. The van der Waals surface area contributed by atoms with Crippen molar-refractivity contribution in [3.05, 3.63) is 11.2 Å². The molecule has 1 fully saturated rings. The van der Waals surface area contributed by atoms with Crippen molar-refractivity contribution in [3.8, 4) is 0 Å². The van der Waals surface area contributed by atoms with Gasteiger partial charge in [-0.15, -0.1) is 11.3 Å². The lowest BCUT2D eigenvalue weighted by atomic mass is 9.75. The first-order chi connectivity index (χ1) is 9.90. The van der Waals surface area contributed by atoms with E-state index in [0.717, 1.165) is 43.4 Å². The molecule has 0 atom stereocenters. The summed E-state index contributed by atoms with van der Waals surface area (Å²) >= 11 is 0.773. The van der Waals surface area contributed by atoms with E-state index in [0.29, 0.717) is 0 Å². The molecule has 0 unspecified atom stereocenters. The number of nitrogens with one attached hydrogen (secondary N) is 1. The first-order valence-corrected chi connectivity index (χ1v) is 9.04. The summed E-state index contributed by atoms with van der Waals surface area (Å²) in [6.45, 7) is 0.0345. The van der Waals surface area contributed by atoms with Gasteiger partial charge in [-0.05, 0) is 12.8 Å². The molecule has 0 aromatic carbocycles. The van der Waals surface area contributed by atoms with Crippen LogP contribution in [0.5, 0.6) is 0 Å². The highest BCUT2D eigenvalue weighted by atomic mass is 32.2. The highest BCUT2D eigenvalue weighted by Gasteiger charge is 2.34. The molecule has 1 heterocycles. The largest absolute Gasteiger partial charge is 0.476 e. The molecular weight excluding hydrogens is 316 g/mol. The molecular formula is C12H18N2O5S2. The Balaban J connectivity index is 2.14. The summed E-state index contributed by atoms with van der Waals surface area (Å²) in [7, 11) is -3.93. The molecule has 9 heteroatoms. The minimum absolute atomic E-state index is 0.0794. The first kappa shape index (κ1) is 16.3. The predicted molar refractivity (Wildman–Crippen MR) is 76.9 cm³/mol. The molecule has 1 saturated carbocycles. The van der Waals surface area contributed by atoms with E-state index in [-0.39, 0.29) is 17.4 Å². The van der Waals surface area contributed by atoms with E-state index in [2.05, 4.69) is 9.71 Å². The number of carboxylic acid groups (broad SMARTS) is 1. The molecule has 1 aliphatic carbocycles. The number of nitrogens with zero attached hydrogens (tertiary/aromatic N) is 1. The van der Waals surface area contributed by atoms with Crippen molar-refractivity contribution in [2.24, 2.45) is 5.41 Å². The van der Waals surface area contributed by atoms with Gasteiger partial charge in [0, 0.05) is 18.6 Å². The van der Waals surface area contributed by atoms with Crippen LogP contribution in [0.25, 0.3) is 0 Å². The Morgan fingerprint density at radius 2 is 2.05 bits per heavy atom. The molecule has 2 rings (SSSR count). The average molecular weight is 334 g/mol. The number of aromatic nitrogens is 1. The van der Waals surface area contributed by atoms with Crippen LogP contribution in [0.2, 0.25) is 0 Å². The lowest BCUT2D eigenvalue weighted by molar-refractivity contribution is 0.0687. The number of hydrogen-bond donors (Lipinski definition) is 3. The summed E-state index contributed by atoms with van der Waals surface area (Å²) in [5, 5.41) is 18.5. The molecule has 21 heavy (non-hydrogen) atoms. The third kappa shape index (κ3) is 3.60. The van der Waals surface area contributed by atoms with Crippen LogP contribution in [0.1, 0.15) is 42.6 Å². The SMILES string of the molecule is O=C(O)c1ncsc1S(=O)(=O)NCC1(CO)CCCCC1. The number of carboxylic acids is 1. The van der Waals surface area contributed by atoms with Gasteiger partial charge in [-0.25, -0.2) is 22.9 Å². The second-order valence-corrected chi connectivity index (χ2v) is 8.15. The summed E-state index contributed by atoms with van der Waals surface area (Å²) in [5.74, 6) is -1.37.